The van der Waals surface area contributed by atoms with Crippen molar-refractivity contribution in [2.24, 2.45) is 0 Å². The highest BCUT2D eigenvalue weighted by Gasteiger charge is 2.47. The molecule has 2 aliphatic rings. The smallest absolute Gasteiger partial charge is 0.0926 e. The predicted octanol–water partition coefficient (Wildman–Crippen LogP) is 3.24. The third-order valence-corrected chi connectivity index (χ3v) is 4.90. The third-order valence-electron chi connectivity index (χ3n) is 4.90. The first-order chi connectivity index (χ1) is 9.62. The molecule has 1 aromatic rings. The summed E-state index contributed by atoms with van der Waals surface area (Å²) >= 11 is 0. The lowest BCUT2D eigenvalue weighted by Gasteiger charge is -2.44. The van der Waals surface area contributed by atoms with Gasteiger partial charge in [0.05, 0.1) is 5.60 Å². The van der Waals surface area contributed by atoms with Crippen LogP contribution in [0.15, 0.2) is 55.1 Å². The molecule has 0 amide bonds. The van der Waals surface area contributed by atoms with Crippen molar-refractivity contribution in [1.82, 2.24) is 4.90 Å². The summed E-state index contributed by atoms with van der Waals surface area (Å²) in [5.41, 5.74) is 1.49. The summed E-state index contributed by atoms with van der Waals surface area (Å²) in [4.78, 5) is 2.52. The fourth-order valence-electron chi connectivity index (χ4n) is 3.86. The molecule has 1 N–H and O–H groups in total. The average molecular weight is 269 g/mol. The van der Waals surface area contributed by atoms with Gasteiger partial charge in [-0.1, -0.05) is 49.6 Å². The van der Waals surface area contributed by atoms with Crippen LogP contribution in [0, 0.1) is 0 Å². The third kappa shape index (κ3) is 2.34. The lowest BCUT2D eigenvalue weighted by Crippen LogP contribution is -2.50. The van der Waals surface area contributed by atoms with Gasteiger partial charge in [-0.2, -0.15) is 0 Å². The normalized spacial score (nSPS) is 33.0. The van der Waals surface area contributed by atoms with Crippen LogP contribution in [-0.4, -0.2) is 28.6 Å². The van der Waals surface area contributed by atoms with E-state index in [1.807, 2.05) is 24.3 Å². The highest BCUT2D eigenvalue weighted by Crippen LogP contribution is 2.45. The van der Waals surface area contributed by atoms with Crippen LogP contribution in [0.1, 0.15) is 31.2 Å². The molecule has 2 unspecified atom stereocenters. The van der Waals surface area contributed by atoms with Crippen molar-refractivity contribution in [3.63, 3.8) is 0 Å². The second-order valence-electron chi connectivity index (χ2n) is 6.23. The molecule has 2 atom stereocenters. The summed E-state index contributed by atoms with van der Waals surface area (Å²) in [6, 6.07) is 11.1. The zero-order valence-electron chi connectivity index (χ0n) is 12.0. The Labute approximate surface area is 121 Å². The Balaban J connectivity index is 1.79. The summed E-state index contributed by atoms with van der Waals surface area (Å²) in [6.07, 6.45) is 5.88. The molecule has 2 bridgehead atoms. The molecule has 0 aliphatic carbocycles. The first-order valence-electron chi connectivity index (χ1n) is 7.46. The van der Waals surface area contributed by atoms with Crippen molar-refractivity contribution in [3.8, 4) is 0 Å². The van der Waals surface area contributed by atoms with E-state index in [1.54, 1.807) is 0 Å². The number of rotatable bonds is 4. The van der Waals surface area contributed by atoms with Crippen molar-refractivity contribution >= 4 is 0 Å². The minimum atomic E-state index is -0.654. The summed E-state index contributed by atoms with van der Waals surface area (Å²) < 4.78 is 0. The molecule has 20 heavy (non-hydrogen) atoms. The molecule has 0 radical (unpaired) electrons. The van der Waals surface area contributed by atoms with Crippen LogP contribution in [0.5, 0.6) is 0 Å². The molecule has 2 aliphatic heterocycles. The number of aliphatic hydroxyl groups is 1. The van der Waals surface area contributed by atoms with E-state index in [9.17, 15) is 5.11 Å². The van der Waals surface area contributed by atoms with E-state index >= 15 is 0 Å². The van der Waals surface area contributed by atoms with Gasteiger partial charge in [0.1, 0.15) is 0 Å². The quantitative estimate of drug-likeness (QED) is 0.848. The Morgan fingerprint density at radius 2 is 1.85 bits per heavy atom. The molecular weight excluding hydrogens is 246 g/mol. The van der Waals surface area contributed by atoms with Gasteiger partial charge in [-0.15, -0.1) is 0 Å². The van der Waals surface area contributed by atoms with Gasteiger partial charge in [0.2, 0.25) is 0 Å². The lowest BCUT2D eigenvalue weighted by atomic mass is 9.80. The number of fused-ring (bicyclic) bond motifs is 2. The predicted molar refractivity (Wildman–Crippen MR) is 82.4 cm³/mol. The zero-order valence-corrected chi connectivity index (χ0v) is 12.0. The Bertz CT molecular complexity index is 493. The molecule has 106 valence electrons. The lowest BCUT2D eigenvalue weighted by molar-refractivity contribution is -0.0540. The summed E-state index contributed by atoms with van der Waals surface area (Å²) in [7, 11) is 0. The minimum Gasteiger partial charge on any atom is -0.385 e. The van der Waals surface area contributed by atoms with E-state index in [0.717, 1.165) is 30.5 Å². The van der Waals surface area contributed by atoms with E-state index in [2.05, 4.69) is 30.2 Å². The number of piperidine rings is 1. The molecule has 0 spiro atoms. The topological polar surface area (TPSA) is 23.5 Å². The van der Waals surface area contributed by atoms with Crippen LogP contribution in [-0.2, 0) is 5.60 Å². The molecule has 0 saturated carbocycles. The van der Waals surface area contributed by atoms with Gasteiger partial charge in [-0.25, -0.2) is 0 Å². The molecule has 1 aromatic carbocycles. The summed E-state index contributed by atoms with van der Waals surface area (Å²) in [5.74, 6) is 0. The summed E-state index contributed by atoms with van der Waals surface area (Å²) in [5, 5.41) is 11.1. The SMILES string of the molecule is C=CC(=C)CN1C2CCC1CC(O)(c1ccccc1)C2. The molecule has 2 fully saturated rings. The number of hydrogen-bond acceptors (Lipinski definition) is 2. The van der Waals surface area contributed by atoms with E-state index in [4.69, 9.17) is 0 Å². The van der Waals surface area contributed by atoms with Gasteiger partial charge in [0, 0.05) is 18.6 Å². The van der Waals surface area contributed by atoms with Gasteiger partial charge in [0.15, 0.2) is 0 Å². The highest BCUT2D eigenvalue weighted by molar-refractivity contribution is 5.25. The van der Waals surface area contributed by atoms with E-state index in [-0.39, 0.29) is 0 Å². The van der Waals surface area contributed by atoms with Crippen LogP contribution >= 0.6 is 0 Å². The maximum absolute atomic E-state index is 11.1. The first-order valence-corrected chi connectivity index (χ1v) is 7.46. The van der Waals surface area contributed by atoms with Gasteiger partial charge >= 0.3 is 0 Å². The van der Waals surface area contributed by atoms with E-state index in [0.29, 0.717) is 12.1 Å². The maximum atomic E-state index is 11.1. The Morgan fingerprint density at radius 3 is 2.40 bits per heavy atom. The highest BCUT2D eigenvalue weighted by atomic mass is 16.3. The van der Waals surface area contributed by atoms with Crippen LogP contribution in [0.25, 0.3) is 0 Å². The summed E-state index contributed by atoms with van der Waals surface area (Å²) in [6.45, 7) is 8.73. The van der Waals surface area contributed by atoms with Crippen molar-refractivity contribution in [2.45, 2.75) is 43.4 Å². The van der Waals surface area contributed by atoms with E-state index in [1.165, 1.54) is 12.8 Å². The largest absolute Gasteiger partial charge is 0.385 e. The number of benzene rings is 1. The molecular formula is C18H23NO. The number of nitrogens with zero attached hydrogens (tertiary/aromatic N) is 1. The molecule has 2 heteroatoms. The minimum absolute atomic E-state index is 0.468. The second kappa shape index (κ2) is 5.19. The van der Waals surface area contributed by atoms with Crippen LogP contribution in [0.3, 0.4) is 0 Å². The standard InChI is InChI=1S/C18H23NO/c1-3-14(2)13-19-16-9-10-17(19)12-18(20,11-16)15-7-5-4-6-8-15/h3-8,16-17,20H,1-2,9-13H2. The van der Waals surface area contributed by atoms with Crippen LogP contribution in [0.2, 0.25) is 0 Å². The molecule has 3 rings (SSSR count). The second-order valence-corrected chi connectivity index (χ2v) is 6.23. The Hall–Kier alpha value is -1.38. The zero-order chi connectivity index (χ0) is 14.2. The molecule has 0 aromatic heterocycles. The number of hydrogen-bond donors (Lipinski definition) is 1. The van der Waals surface area contributed by atoms with Crippen LogP contribution < -0.4 is 0 Å². The molecule has 2 saturated heterocycles. The Kier molecular flexibility index (Phi) is 3.53. The molecule has 2 heterocycles. The van der Waals surface area contributed by atoms with Crippen molar-refractivity contribution < 1.29 is 5.11 Å². The van der Waals surface area contributed by atoms with Gasteiger partial charge in [-0.05, 0) is 36.8 Å². The van der Waals surface area contributed by atoms with Crippen molar-refractivity contribution in [3.05, 3.63) is 60.7 Å². The van der Waals surface area contributed by atoms with Crippen molar-refractivity contribution in [2.75, 3.05) is 6.54 Å². The first kappa shape index (κ1) is 13.6. The fraction of sp³-hybridized carbons (Fsp3) is 0.444. The Morgan fingerprint density at radius 1 is 1.25 bits per heavy atom. The van der Waals surface area contributed by atoms with Gasteiger partial charge in [0.25, 0.3) is 0 Å². The average Bonchev–Trinajstić information content (AvgIpc) is 2.72. The van der Waals surface area contributed by atoms with Crippen molar-refractivity contribution in [1.29, 1.82) is 0 Å². The fourth-order valence-corrected chi connectivity index (χ4v) is 3.86. The molecule has 2 nitrogen and oxygen atoms in total. The van der Waals surface area contributed by atoms with E-state index < -0.39 is 5.60 Å². The maximum Gasteiger partial charge on any atom is 0.0926 e. The monoisotopic (exact) mass is 269 g/mol. The van der Waals surface area contributed by atoms with Crippen LogP contribution in [0.4, 0.5) is 0 Å². The van der Waals surface area contributed by atoms with Gasteiger partial charge < -0.3 is 5.11 Å². The van der Waals surface area contributed by atoms with Gasteiger partial charge in [-0.3, -0.25) is 4.90 Å².